The molecular formula is C36H52N12O14S4. The van der Waals surface area contributed by atoms with E-state index in [-0.39, 0.29) is 102 Å². The first-order valence-corrected chi connectivity index (χ1v) is 25.6. The van der Waals surface area contributed by atoms with Crippen LogP contribution in [-0.4, -0.2) is 152 Å². The summed E-state index contributed by atoms with van der Waals surface area (Å²) < 4.78 is 126. The van der Waals surface area contributed by atoms with Crippen LogP contribution in [0.5, 0.6) is 5.75 Å². The van der Waals surface area contributed by atoms with Crippen molar-refractivity contribution in [3.63, 3.8) is 0 Å². The van der Waals surface area contributed by atoms with E-state index in [1.165, 1.54) is 42.5 Å². The van der Waals surface area contributed by atoms with Crippen LogP contribution in [-0.2, 0) is 41.7 Å². The summed E-state index contributed by atoms with van der Waals surface area (Å²) in [7, 11) is -13.6. The third-order valence-electron chi connectivity index (χ3n) is 8.97. The number of nitrogens with one attached hydrogen (secondary N) is 4. The fourth-order valence-corrected chi connectivity index (χ4v) is 7.48. The van der Waals surface area contributed by atoms with E-state index in [1.807, 2.05) is 20.8 Å². The summed E-state index contributed by atoms with van der Waals surface area (Å²) in [6.45, 7) is 7.91. The van der Waals surface area contributed by atoms with Gasteiger partial charge in [-0.15, -0.1) is 0 Å². The van der Waals surface area contributed by atoms with Crippen molar-refractivity contribution >= 4 is 101 Å². The van der Waals surface area contributed by atoms with Gasteiger partial charge in [0.25, 0.3) is 30.4 Å². The highest BCUT2D eigenvalue weighted by molar-refractivity contribution is 7.86. The van der Waals surface area contributed by atoms with Crippen molar-refractivity contribution in [2.45, 2.75) is 32.6 Å². The number of hydrogen-bond donors (Lipinski definition) is 10. The number of anilines is 8. The van der Waals surface area contributed by atoms with E-state index in [2.05, 4.69) is 51.2 Å². The number of benzene rings is 2. The predicted octanol–water partition coefficient (Wildman–Crippen LogP) is 1.99. The van der Waals surface area contributed by atoms with Gasteiger partial charge in [-0.25, -0.2) is 0 Å². The molecule has 26 nitrogen and oxygen atoms in total. The molecule has 0 saturated heterocycles. The number of aromatic nitrogens is 6. The molecule has 0 amide bonds. The minimum atomic E-state index is -4.92. The molecule has 2 heterocycles. The quantitative estimate of drug-likeness (QED) is 0.0232. The number of aliphatic hydroxyl groups excluding tert-OH is 2. The van der Waals surface area contributed by atoms with Gasteiger partial charge in [-0.2, -0.15) is 59.4 Å². The highest BCUT2D eigenvalue weighted by Gasteiger charge is 2.20. The molecule has 2 aromatic carbocycles. The van der Waals surface area contributed by atoms with E-state index in [1.54, 1.807) is 16.7 Å². The Labute approximate surface area is 384 Å². The third kappa shape index (κ3) is 17.4. The molecule has 0 saturated carbocycles. The molecule has 30 heteroatoms. The zero-order valence-electron chi connectivity index (χ0n) is 36.0. The van der Waals surface area contributed by atoms with Crippen LogP contribution in [0.15, 0.2) is 41.3 Å². The maximum Gasteiger partial charge on any atom is 0.357 e. The van der Waals surface area contributed by atoms with Gasteiger partial charge in [-0.1, -0.05) is 32.1 Å². The second-order valence-electron chi connectivity index (χ2n) is 14.5. The Morgan fingerprint density at radius 3 is 1.50 bits per heavy atom. The zero-order chi connectivity index (χ0) is 48.8. The van der Waals surface area contributed by atoms with Crippen molar-refractivity contribution in [1.82, 2.24) is 29.9 Å². The minimum absolute atomic E-state index is 0.0388. The zero-order valence-corrected chi connectivity index (χ0v) is 39.3. The van der Waals surface area contributed by atoms with Gasteiger partial charge in [-0.3, -0.25) is 18.2 Å². The lowest BCUT2D eigenvalue weighted by Gasteiger charge is -2.24. The molecule has 4 aromatic rings. The van der Waals surface area contributed by atoms with Crippen LogP contribution in [0, 0.1) is 11.8 Å². The van der Waals surface area contributed by atoms with Crippen LogP contribution in [0.4, 0.5) is 47.1 Å². The number of hydrogen-bond acceptors (Lipinski definition) is 22. The highest BCUT2D eigenvalue weighted by Crippen LogP contribution is 2.30. The first kappa shape index (κ1) is 53.2. The molecule has 3 atom stereocenters. The molecule has 0 aliphatic carbocycles. The van der Waals surface area contributed by atoms with Gasteiger partial charge in [0.1, 0.15) is 4.90 Å². The van der Waals surface area contributed by atoms with Crippen LogP contribution < -0.4 is 35.3 Å². The SMILES string of the molecule is CCN(CC(C)CO)c1nc(NCCS(=O)(=O)O)nc(Nc2ccc(C=Cc3ccc(Nc4nc(NCCS(=O)(=O)O)nc(N(CC)CC(C)CO)n4)cc3S(=O)(=O)O)c(OS(=O)O)c2)n1. The summed E-state index contributed by atoms with van der Waals surface area (Å²) in [5.41, 5.74) is 0.417. The molecule has 2 aromatic heterocycles. The second-order valence-corrected chi connectivity index (χ2v) is 19.6. The van der Waals surface area contributed by atoms with Gasteiger partial charge in [-0.05, 0) is 55.5 Å². The molecule has 3 unspecified atom stereocenters. The standard InChI is InChI=1S/C36H52N12O14S4/c1-5-47(19-23(3)21-49)35-43-31(37-13-15-64(53,54)55)41-33(45-35)39-27-11-9-25(29(17-27)62-63(51)52)7-8-26-10-12-28(18-30(26)66(59,60)61)40-34-42-32(38-14-16-65(56,57)58)44-36(46-34)48(6-2)20-24(4)22-50/h7-12,17-18,23-24,49-50H,5-6,13-16,19-22H2,1-4H3,(H,51,52)(H,53,54,55)(H,56,57,58)(H,59,60,61)(H2,37,39,41,43,45)(H2,38,40,42,44,46). The minimum Gasteiger partial charge on any atom is -0.396 e. The molecule has 0 spiro atoms. The smallest absolute Gasteiger partial charge is 0.357 e. The highest BCUT2D eigenvalue weighted by atomic mass is 32.2. The third-order valence-corrected chi connectivity index (χ3v) is 11.6. The Morgan fingerprint density at radius 2 is 1.09 bits per heavy atom. The summed E-state index contributed by atoms with van der Waals surface area (Å²) in [6, 6.07) is 8.10. The van der Waals surface area contributed by atoms with Gasteiger partial charge in [0, 0.05) is 75.5 Å². The van der Waals surface area contributed by atoms with Gasteiger partial charge in [0.15, 0.2) is 5.75 Å². The van der Waals surface area contributed by atoms with E-state index in [0.717, 1.165) is 6.07 Å². The summed E-state index contributed by atoms with van der Waals surface area (Å²) in [5, 5.41) is 30.5. The molecule has 10 N–H and O–H groups in total. The Bertz CT molecular complexity index is 2680. The van der Waals surface area contributed by atoms with E-state index >= 15 is 0 Å². The van der Waals surface area contributed by atoms with Crippen LogP contribution in [0.3, 0.4) is 0 Å². The largest absolute Gasteiger partial charge is 0.396 e. The summed E-state index contributed by atoms with van der Waals surface area (Å²) in [5.74, 6) is -1.95. The Morgan fingerprint density at radius 1 is 0.667 bits per heavy atom. The maximum absolute atomic E-state index is 12.7. The van der Waals surface area contributed by atoms with Crippen molar-refractivity contribution < 1.29 is 62.1 Å². The molecule has 0 aliphatic heterocycles. The van der Waals surface area contributed by atoms with Crippen LogP contribution in [0.1, 0.15) is 38.8 Å². The van der Waals surface area contributed by atoms with Crippen molar-refractivity contribution in [2.75, 3.05) is 95.1 Å². The van der Waals surface area contributed by atoms with E-state index in [9.17, 15) is 57.9 Å². The molecule has 0 bridgehead atoms. The lowest BCUT2D eigenvalue weighted by atomic mass is 10.1. The van der Waals surface area contributed by atoms with Gasteiger partial charge >= 0.3 is 11.4 Å². The predicted molar refractivity (Wildman–Crippen MR) is 247 cm³/mol. The van der Waals surface area contributed by atoms with E-state index in [4.69, 9.17) is 4.18 Å². The van der Waals surface area contributed by atoms with Gasteiger partial charge in [0.05, 0.1) is 11.5 Å². The average Bonchev–Trinajstić information content (AvgIpc) is 3.22. The maximum atomic E-state index is 12.7. The van der Waals surface area contributed by atoms with Crippen LogP contribution in [0.2, 0.25) is 0 Å². The molecule has 66 heavy (non-hydrogen) atoms. The number of rotatable bonds is 27. The molecule has 0 aliphatic rings. The molecule has 4 rings (SSSR count). The normalized spacial score (nSPS) is 13.5. The first-order valence-electron chi connectivity index (χ1n) is 19.9. The lowest BCUT2D eigenvalue weighted by Crippen LogP contribution is -2.31. The lowest BCUT2D eigenvalue weighted by molar-refractivity contribution is 0.239. The van der Waals surface area contributed by atoms with Crippen molar-refractivity contribution in [1.29, 1.82) is 0 Å². The summed E-state index contributed by atoms with van der Waals surface area (Å²) >= 11 is -2.85. The number of aliphatic hydroxyl groups is 2. The molecule has 0 fully saturated rings. The van der Waals surface area contributed by atoms with Gasteiger partial charge < -0.3 is 45.5 Å². The fraction of sp³-hybridized carbons (Fsp3) is 0.444. The molecule has 364 valence electrons. The van der Waals surface area contributed by atoms with Crippen molar-refractivity contribution in [3.05, 3.63) is 47.5 Å². The summed E-state index contributed by atoms with van der Waals surface area (Å²) in [6.07, 6.45) is 2.63. The Kier molecular flexibility index (Phi) is 19.2. The van der Waals surface area contributed by atoms with Crippen LogP contribution >= 0.6 is 0 Å². The topological polar surface area (TPSA) is 382 Å². The average molecular weight is 1010 g/mol. The molecule has 0 radical (unpaired) electrons. The Balaban J connectivity index is 1.68. The van der Waals surface area contributed by atoms with Crippen molar-refractivity contribution in [2.24, 2.45) is 11.8 Å². The number of nitrogens with zero attached hydrogens (tertiary/aromatic N) is 8. The van der Waals surface area contributed by atoms with Crippen molar-refractivity contribution in [3.8, 4) is 5.75 Å². The fourth-order valence-electron chi connectivity index (χ4n) is 5.75. The van der Waals surface area contributed by atoms with E-state index < -0.39 is 58.1 Å². The van der Waals surface area contributed by atoms with Gasteiger partial charge in [0.2, 0.25) is 35.7 Å². The summed E-state index contributed by atoms with van der Waals surface area (Å²) in [4.78, 5) is 28.9. The second kappa shape index (κ2) is 23.8. The Hall–Kier alpha value is -5.44. The molecular weight excluding hydrogens is 953 g/mol. The van der Waals surface area contributed by atoms with Crippen LogP contribution in [0.25, 0.3) is 12.2 Å². The van der Waals surface area contributed by atoms with E-state index in [0.29, 0.717) is 26.2 Å². The first-order chi connectivity index (χ1) is 31.0. The monoisotopic (exact) mass is 1000 g/mol.